The summed E-state index contributed by atoms with van der Waals surface area (Å²) in [7, 11) is 0. The topological polar surface area (TPSA) is 21.3 Å². The average molecular weight is 207 g/mol. The summed E-state index contributed by atoms with van der Waals surface area (Å²) in [4.78, 5) is 0. The SMILES string of the molecule is Fc1cccc2c1CCC2NC1COC1. The fraction of sp³-hybridized carbons (Fsp3) is 0.500. The van der Waals surface area contributed by atoms with E-state index in [1.54, 1.807) is 12.1 Å². The van der Waals surface area contributed by atoms with Crippen molar-refractivity contribution in [3.05, 3.63) is 35.1 Å². The van der Waals surface area contributed by atoms with E-state index in [4.69, 9.17) is 4.74 Å². The second-order valence-electron chi connectivity index (χ2n) is 4.30. The first-order valence-electron chi connectivity index (χ1n) is 5.45. The van der Waals surface area contributed by atoms with Gasteiger partial charge in [0.25, 0.3) is 0 Å². The van der Waals surface area contributed by atoms with Gasteiger partial charge in [0.2, 0.25) is 0 Å². The van der Waals surface area contributed by atoms with Gasteiger partial charge in [-0.05, 0) is 30.0 Å². The Morgan fingerprint density at radius 3 is 2.93 bits per heavy atom. The van der Waals surface area contributed by atoms with Crippen LogP contribution in [0, 0.1) is 5.82 Å². The van der Waals surface area contributed by atoms with Crippen molar-refractivity contribution in [2.45, 2.75) is 24.9 Å². The van der Waals surface area contributed by atoms with Crippen molar-refractivity contribution in [2.75, 3.05) is 13.2 Å². The van der Waals surface area contributed by atoms with Crippen molar-refractivity contribution in [2.24, 2.45) is 0 Å². The van der Waals surface area contributed by atoms with Crippen LogP contribution < -0.4 is 5.32 Å². The molecule has 0 spiro atoms. The van der Waals surface area contributed by atoms with Gasteiger partial charge in [0.15, 0.2) is 0 Å². The lowest BCUT2D eigenvalue weighted by atomic mass is 10.1. The number of halogens is 1. The molecule has 0 radical (unpaired) electrons. The highest BCUT2D eigenvalue weighted by atomic mass is 19.1. The Morgan fingerprint density at radius 2 is 2.20 bits per heavy atom. The summed E-state index contributed by atoms with van der Waals surface area (Å²) >= 11 is 0. The van der Waals surface area contributed by atoms with Crippen molar-refractivity contribution in [3.63, 3.8) is 0 Å². The summed E-state index contributed by atoms with van der Waals surface area (Å²) in [6, 6.07) is 6.16. The molecule has 0 amide bonds. The van der Waals surface area contributed by atoms with Crippen LogP contribution in [-0.2, 0) is 11.2 Å². The van der Waals surface area contributed by atoms with Gasteiger partial charge in [0, 0.05) is 6.04 Å². The van der Waals surface area contributed by atoms with Gasteiger partial charge in [-0.3, -0.25) is 0 Å². The highest BCUT2D eigenvalue weighted by Crippen LogP contribution is 2.33. The Labute approximate surface area is 88.4 Å². The Kier molecular flexibility index (Phi) is 2.22. The molecule has 1 unspecified atom stereocenters. The van der Waals surface area contributed by atoms with E-state index >= 15 is 0 Å². The molecule has 1 aromatic rings. The van der Waals surface area contributed by atoms with Gasteiger partial charge in [0.05, 0.1) is 19.3 Å². The van der Waals surface area contributed by atoms with E-state index in [0.29, 0.717) is 12.1 Å². The predicted octanol–water partition coefficient (Wildman–Crippen LogP) is 1.80. The number of benzene rings is 1. The van der Waals surface area contributed by atoms with E-state index in [2.05, 4.69) is 5.32 Å². The number of ether oxygens (including phenoxy) is 1. The second kappa shape index (κ2) is 3.58. The molecule has 1 atom stereocenters. The van der Waals surface area contributed by atoms with Crippen LogP contribution >= 0.6 is 0 Å². The van der Waals surface area contributed by atoms with E-state index in [9.17, 15) is 4.39 Å². The van der Waals surface area contributed by atoms with Gasteiger partial charge >= 0.3 is 0 Å². The van der Waals surface area contributed by atoms with Crippen molar-refractivity contribution in [1.29, 1.82) is 0 Å². The molecule has 0 aromatic heterocycles. The normalized spacial score (nSPS) is 25.0. The Hall–Kier alpha value is -0.930. The summed E-state index contributed by atoms with van der Waals surface area (Å²) in [6.45, 7) is 1.59. The molecular weight excluding hydrogens is 193 g/mol. The number of rotatable bonds is 2. The summed E-state index contributed by atoms with van der Waals surface area (Å²) in [5.74, 6) is -0.0540. The zero-order chi connectivity index (χ0) is 10.3. The third-order valence-corrected chi connectivity index (χ3v) is 3.29. The third-order valence-electron chi connectivity index (χ3n) is 3.29. The lowest BCUT2D eigenvalue weighted by molar-refractivity contribution is -0.0100. The fourth-order valence-corrected chi connectivity index (χ4v) is 2.40. The maximum absolute atomic E-state index is 13.4. The molecule has 80 valence electrons. The molecule has 1 aromatic carbocycles. The summed E-state index contributed by atoms with van der Waals surface area (Å²) < 4.78 is 18.6. The molecule has 1 aliphatic heterocycles. The van der Waals surface area contributed by atoms with Crippen LogP contribution in [-0.4, -0.2) is 19.3 Å². The summed E-state index contributed by atoms with van der Waals surface area (Å²) in [5.41, 5.74) is 2.04. The van der Waals surface area contributed by atoms with Crippen LogP contribution in [0.2, 0.25) is 0 Å². The lowest BCUT2D eigenvalue weighted by Crippen LogP contribution is -2.47. The van der Waals surface area contributed by atoms with E-state index in [-0.39, 0.29) is 5.82 Å². The van der Waals surface area contributed by atoms with Gasteiger partial charge in [0.1, 0.15) is 5.82 Å². The Balaban J connectivity index is 1.81. The van der Waals surface area contributed by atoms with Crippen LogP contribution in [0.1, 0.15) is 23.6 Å². The van der Waals surface area contributed by atoms with Crippen LogP contribution in [0.4, 0.5) is 4.39 Å². The number of hydrogen-bond acceptors (Lipinski definition) is 2. The molecule has 2 nitrogen and oxygen atoms in total. The highest BCUT2D eigenvalue weighted by molar-refractivity contribution is 5.35. The standard InChI is InChI=1S/C12H14FNO/c13-11-3-1-2-10-9(11)4-5-12(10)14-8-6-15-7-8/h1-3,8,12,14H,4-7H2. The van der Waals surface area contributed by atoms with E-state index in [1.165, 1.54) is 0 Å². The van der Waals surface area contributed by atoms with Crippen molar-refractivity contribution >= 4 is 0 Å². The zero-order valence-electron chi connectivity index (χ0n) is 8.50. The van der Waals surface area contributed by atoms with Crippen LogP contribution in [0.3, 0.4) is 0 Å². The van der Waals surface area contributed by atoms with Crippen molar-refractivity contribution in [1.82, 2.24) is 5.32 Å². The average Bonchev–Trinajstić information content (AvgIpc) is 2.56. The number of hydrogen-bond donors (Lipinski definition) is 1. The number of nitrogens with one attached hydrogen (secondary N) is 1. The van der Waals surface area contributed by atoms with Crippen LogP contribution in [0.15, 0.2) is 18.2 Å². The van der Waals surface area contributed by atoms with E-state index in [1.807, 2.05) is 6.07 Å². The van der Waals surface area contributed by atoms with Gasteiger partial charge < -0.3 is 10.1 Å². The quantitative estimate of drug-likeness (QED) is 0.798. The molecular formula is C12H14FNO. The van der Waals surface area contributed by atoms with Crippen LogP contribution in [0.25, 0.3) is 0 Å². The van der Waals surface area contributed by atoms with Crippen molar-refractivity contribution < 1.29 is 9.13 Å². The molecule has 1 N–H and O–H groups in total. The Morgan fingerprint density at radius 1 is 1.33 bits per heavy atom. The first kappa shape index (κ1) is 9.31. The highest BCUT2D eigenvalue weighted by Gasteiger charge is 2.28. The van der Waals surface area contributed by atoms with Crippen molar-refractivity contribution in [3.8, 4) is 0 Å². The molecule has 2 aliphatic rings. The third kappa shape index (κ3) is 1.56. The molecule has 0 saturated carbocycles. The number of fused-ring (bicyclic) bond motifs is 1. The maximum atomic E-state index is 13.4. The van der Waals surface area contributed by atoms with Gasteiger partial charge in [-0.15, -0.1) is 0 Å². The molecule has 15 heavy (non-hydrogen) atoms. The predicted molar refractivity (Wildman–Crippen MR) is 55.2 cm³/mol. The minimum absolute atomic E-state index is 0.0540. The van der Waals surface area contributed by atoms with Gasteiger partial charge in [-0.1, -0.05) is 12.1 Å². The van der Waals surface area contributed by atoms with Gasteiger partial charge in [-0.2, -0.15) is 0 Å². The first-order chi connectivity index (χ1) is 7.34. The first-order valence-corrected chi connectivity index (χ1v) is 5.45. The molecule has 1 aliphatic carbocycles. The molecule has 1 saturated heterocycles. The summed E-state index contributed by atoms with van der Waals surface area (Å²) in [5, 5.41) is 3.51. The Bertz CT molecular complexity index is 376. The van der Waals surface area contributed by atoms with E-state index < -0.39 is 0 Å². The molecule has 1 heterocycles. The minimum Gasteiger partial charge on any atom is -0.378 e. The van der Waals surface area contributed by atoms with Gasteiger partial charge in [-0.25, -0.2) is 4.39 Å². The molecule has 3 heteroatoms. The molecule has 1 fully saturated rings. The zero-order valence-corrected chi connectivity index (χ0v) is 8.50. The smallest absolute Gasteiger partial charge is 0.126 e. The summed E-state index contributed by atoms with van der Waals surface area (Å²) in [6.07, 6.45) is 1.86. The lowest BCUT2D eigenvalue weighted by Gasteiger charge is -2.30. The molecule has 3 rings (SSSR count). The second-order valence-corrected chi connectivity index (χ2v) is 4.30. The largest absolute Gasteiger partial charge is 0.378 e. The minimum atomic E-state index is -0.0540. The maximum Gasteiger partial charge on any atom is 0.126 e. The van der Waals surface area contributed by atoms with Crippen LogP contribution in [0.5, 0.6) is 0 Å². The van der Waals surface area contributed by atoms with E-state index in [0.717, 1.165) is 37.2 Å². The molecule has 0 bridgehead atoms. The monoisotopic (exact) mass is 207 g/mol. The fourth-order valence-electron chi connectivity index (χ4n) is 2.40.